The summed E-state index contributed by atoms with van der Waals surface area (Å²) in [6.07, 6.45) is 1.99. The fraction of sp³-hybridized carbons (Fsp3) is 0.385. The van der Waals surface area contributed by atoms with Crippen molar-refractivity contribution in [2.45, 2.75) is 38.6 Å². The first-order valence-electron chi connectivity index (χ1n) is 11.6. The summed E-state index contributed by atoms with van der Waals surface area (Å²) in [6, 6.07) is 11.9. The Kier molecular flexibility index (Phi) is 6.50. The minimum Gasteiger partial charge on any atom is -0.384 e. The molecule has 0 radical (unpaired) electrons. The lowest BCUT2D eigenvalue weighted by Crippen LogP contribution is -2.38. The number of carbonyl (C=O) groups is 1. The summed E-state index contributed by atoms with van der Waals surface area (Å²) >= 11 is 7.93. The van der Waals surface area contributed by atoms with Crippen molar-refractivity contribution in [1.29, 1.82) is 5.26 Å². The van der Waals surface area contributed by atoms with Crippen LogP contribution < -0.4 is 10.6 Å². The zero-order chi connectivity index (χ0) is 23.8. The average Bonchev–Trinajstić information content (AvgIpc) is 3.18. The Bertz CT molecular complexity index is 1240. The number of rotatable bonds is 4. The number of benzene rings is 1. The van der Waals surface area contributed by atoms with Gasteiger partial charge in [-0.25, -0.2) is 0 Å². The van der Waals surface area contributed by atoms with Gasteiger partial charge in [0.15, 0.2) is 5.78 Å². The number of allylic oxidation sites excluding steroid dienone is 3. The number of halogens is 1. The Balaban J connectivity index is 1.60. The van der Waals surface area contributed by atoms with E-state index >= 15 is 0 Å². The Labute approximate surface area is 208 Å². The lowest BCUT2D eigenvalue weighted by molar-refractivity contribution is -0.116. The standard InChI is InChI=1S/C26H27ClN4O2S/c1-16-17(15-30-8-10-33-11-9-30)12-23(34-16)24-20(14-28)26(29)31(19-5-2-4-18(27)13-19)21-6-3-7-22(32)25(21)24/h2,4-5,12-13,24H,3,6-11,15,29H2,1H3. The second-order valence-corrected chi connectivity index (χ2v) is 10.6. The maximum Gasteiger partial charge on any atom is 0.161 e. The Morgan fingerprint density at radius 2 is 2.06 bits per heavy atom. The lowest BCUT2D eigenvalue weighted by atomic mass is 9.78. The van der Waals surface area contributed by atoms with Crippen LogP contribution in [-0.2, 0) is 16.1 Å². The molecular weight excluding hydrogens is 468 g/mol. The van der Waals surface area contributed by atoms with E-state index < -0.39 is 5.92 Å². The van der Waals surface area contributed by atoms with Crippen LogP contribution in [0.3, 0.4) is 0 Å². The molecule has 0 bridgehead atoms. The Morgan fingerprint density at radius 1 is 1.26 bits per heavy atom. The van der Waals surface area contributed by atoms with Gasteiger partial charge in [-0.1, -0.05) is 17.7 Å². The molecule has 2 aliphatic heterocycles. The van der Waals surface area contributed by atoms with Gasteiger partial charge in [0.2, 0.25) is 0 Å². The molecule has 1 saturated heterocycles. The molecule has 0 spiro atoms. The van der Waals surface area contributed by atoms with Crippen LogP contribution in [0.1, 0.15) is 40.5 Å². The number of nitrogens with zero attached hydrogens (tertiary/aromatic N) is 3. The van der Waals surface area contributed by atoms with E-state index in [4.69, 9.17) is 22.1 Å². The molecule has 34 heavy (non-hydrogen) atoms. The molecule has 2 N–H and O–H groups in total. The Hall–Kier alpha value is -2.63. The molecule has 176 valence electrons. The number of hydrogen-bond acceptors (Lipinski definition) is 7. The normalized spacial score (nSPS) is 21.6. The van der Waals surface area contributed by atoms with Crippen molar-refractivity contribution in [3.8, 4) is 6.07 Å². The first kappa shape index (κ1) is 23.1. The zero-order valence-electron chi connectivity index (χ0n) is 19.1. The second kappa shape index (κ2) is 9.55. The van der Waals surface area contributed by atoms with Crippen LogP contribution in [0.15, 0.2) is 53.0 Å². The van der Waals surface area contributed by atoms with Crippen molar-refractivity contribution in [3.63, 3.8) is 0 Å². The number of aryl methyl sites for hydroxylation is 1. The molecule has 8 heteroatoms. The van der Waals surface area contributed by atoms with Gasteiger partial charge in [0, 0.05) is 57.8 Å². The molecule has 1 aliphatic carbocycles. The topological polar surface area (TPSA) is 82.6 Å². The van der Waals surface area contributed by atoms with Gasteiger partial charge in [0.05, 0.1) is 30.8 Å². The maximum atomic E-state index is 13.3. The summed E-state index contributed by atoms with van der Waals surface area (Å²) in [5.74, 6) is 0.0497. The quantitative estimate of drug-likeness (QED) is 0.654. The highest BCUT2D eigenvalue weighted by Crippen LogP contribution is 2.48. The van der Waals surface area contributed by atoms with Gasteiger partial charge in [-0.2, -0.15) is 5.26 Å². The number of ketones is 1. The highest BCUT2D eigenvalue weighted by molar-refractivity contribution is 7.12. The van der Waals surface area contributed by atoms with Gasteiger partial charge >= 0.3 is 0 Å². The van der Waals surface area contributed by atoms with Gasteiger partial charge in [-0.05, 0) is 49.6 Å². The first-order chi connectivity index (χ1) is 16.5. The van der Waals surface area contributed by atoms with E-state index in [0.717, 1.165) is 62.0 Å². The van der Waals surface area contributed by atoms with E-state index in [0.29, 0.717) is 28.4 Å². The largest absolute Gasteiger partial charge is 0.384 e. The number of ether oxygens (including phenoxy) is 1. The highest BCUT2D eigenvalue weighted by atomic mass is 35.5. The fourth-order valence-electron chi connectivity index (χ4n) is 5.13. The third-order valence-corrected chi connectivity index (χ3v) is 8.19. The minimum absolute atomic E-state index is 0.0966. The van der Waals surface area contributed by atoms with Crippen LogP contribution in [0.2, 0.25) is 5.02 Å². The highest BCUT2D eigenvalue weighted by Gasteiger charge is 2.41. The molecule has 6 nitrogen and oxygen atoms in total. The maximum absolute atomic E-state index is 13.3. The fourth-order valence-corrected chi connectivity index (χ4v) is 6.47. The van der Waals surface area contributed by atoms with Gasteiger partial charge in [0.1, 0.15) is 5.82 Å². The van der Waals surface area contributed by atoms with Gasteiger partial charge < -0.3 is 10.5 Å². The number of thiophene rings is 1. The van der Waals surface area contributed by atoms with Crippen LogP contribution in [0.25, 0.3) is 0 Å². The van der Waals surface area contributed by atoms with Crippen molar-refractivity contribution in [2.75, 3.05) is 31.2 Å². The number of nitrogens with two attached hydrogens (primary N) is 1. The molecule has 3 aliphatic rings. The van der Waals surface area contributed by atoms with Crippen molar-refractivity contribution < 1.29 is 9.53 Å². The summed E-state index contributed by atoms with van der Waals surface area (Å²) in [4.78, 5) is 19.8. The van der Waals surface area contributed by atoms with Gasteiger partial charge in [-0.3, -0.25) is 14.6 Å². The van der Waals surface area contributed by atoms with Crippen molar-refractivity contribution in [2.24, 2.45) is 5.73 Å². The Morgan fingerprint density at radius 3 is 2.79 bits per heavy atom. The number of nitriles is 1. The van der Waals surface area contributed by atoms with E-state index in [9.17, 15) is 10.1 Å². The third kappa shape index (κ3) is 4.16. The predicted octanol–water partition coefficient (Wildman–Crippen LogP) is 4.85. The molecule has 5 rings (SSSR count). The molecule has 1 fully saturated rings. The van der Waals surface area contributed by atoms with E-state index in [-0.39, 0.29) is 5.78 Å². The number of Topliss-reactive ketones (excluding diaryl/α,β-unsaturated/α-hetero) is 1. The smallest absolute Gasteiger partial charge is 0.161 e. The van der Waals surface area contributed by atoms with E-state index in [1.165, 1.54) is 10.4 Å². The summed E-state index contributed by atoms with van der Waals surface area (Å²) < 4.78 is 5.48. The monoisotopic (exact) mass is 494 g/mol. The van der Waals surface area contributed by atoms with Crippen LogP contribution in [0.4, 0.5) is 5.69 Å². The predicted molar refractivity (Wildman–Crippen MR) is 135 cm³/mol. The summed E-state index contributed by atoms with van der Waals surface area (Å²) in [5, 5.41) is 10.8. The number of hydrogen-bond donors (Lipinski definition) is 1. The van der Waals surface area contributed by atoms with E-state index in [1.807, 2.05) is 23.1 Å². The van der Waals surface area contributed by atoms with Crippen molar-refractivity contribution >= 4 is 34.4 Å². The SMILES string of the molecule is Cc1sc(C2C(C#N)=C(N)N(c3cccc(Cl)c3)C3=C2C(=O)CCC3)cc1CN1CCOCC1. The van der Waals surface area contributed by atoms with E-state index in [1.54, 1.807) is 17.4 Å². The summed E-state index contributed by atoms with van der Waals surface area (Å²) in [7, 11) is 0. The van der Waals surface area contributed by atoms with E-state index in [2.05, 4.69) is 24.0 Å². The lowest BCUT2D eigenvalue weighted by Gasteiger charge is -2.39. The summed E-state index contributed by atoms with van der Waals surface area (Å²) in [6.45, 7) is 6.27. The molecule has 3 heterocycles. The molecule has 2 aromatic rings. The van der Waals surface area contributed by atoms with Crippen LogP contribution in [0, 0.1) is 18.3 Å². The molecule has 1 aromatic heterocycles. The zero-order valence-corrected chi connectivity index (χ0v) is 20.7. The second-order valence-electron chi connectivity index (χ2n) is 8.91. The molecular formula is C26H27ClN4O2S. The number of morpholine rings is 1. The minimum atomic E-state index is -0.426. The molecule has 1 aromatic carbocycles. The molecule has 1 atom stereocenters. The van der Waals surface area contributed by atoms with Gasteiger partial charge in [0.25, 0.3) is 0 Å². The van der Waals surface area contributed by atoms with Crippen LogP contribution >= 0.6 is 22.9 Å². The van der Waals surface area contributed by atoms with Crippen LogP contribution in [-0.4, -0.2) is 37.0 Å². The third-order valence-electron chi connectivity index (χ3n) is 6.80. The van der Waals surface area contributed by atoms with Crippen LogP contribution in [0.5, 0.6) is 0 Å². The molecule has 1 unspecified atom stereocenters. The van der Waals surface area contributed by atoms with Gasteiger partial charge in [-0.15, -0.1) is 11.3 Å². The average molecular weight is 495 g/mol. The summed E-state index contributed by atoms with van der Waals surface area (Å²) in [5.41, 5.74) is 10.7. The number of anilines is 1. The number of carbonyl (C=O) groups excluding carboxylic acids is 1. The molecule has 0 saturated carbocycles. The van der Waals surface area contributed by atoms with Crippen molar-refractivity contribution in [3.05, 3.63) is 73.3 Å². The van der Waals surface area contributed by atoms with Crippen molar-refractivity contribution in [1.82, 2.24) is 4.90 Å². The first-order valence-corrected chi connectivity index (χ1v) is 12.8. The molecule has 0 amide bonds.